The number of carbonyl (C=O) groups is 3. The van der Waals surface area contributed by atoms with Gasteiger partial charge in [-0.3, -0.25) is 19.0 Å². The van der Waals surface area contributed by atoms with Gasteiger partial charge in [0, 0.05) is 20.8 Å². The van der Waals surface area contributed by atoms with Crippen LogP contribution in [0.25, 0.3) is 11.2 Å². The van der Waals surface area contributed by atoms with Crippen molar-refractivity contribution in [1.82, 2.24) is 19.5 Å². The van der Waals surface area contributed by atoms with Crippen LogP contribution in [0, 0.1) is 0 Å². The van der Waals surface area contributed by atoms with Gasteiger partial charge in [-0.15, -0.1) is 0 Å². The zero-order valence-corrected chi connectivity index (χ0v) is 14.9. The number of carbonyl (C=O) groups excluding carboxylic acids is 3. The average molecular weight is 378 g/mol. The third kappa shape index (κ3) is 4.03. The fourth-order valence-corrected chi connectivity index (χ4v) is 2.89. The summed E-state index contributed by atoms with van der Waals surface area (Å²) in [5.74, 6) is -1.70. The van der Waals surface area contributed by atoms with E-state index in [1.165, 1.54) is 39.6 Å². The van der Waals surface area contributed by atoms with E-state index in [0.717, 1.165) is 0 Å². The first-order valence-corrected chi connectivity index (χ1v) is 8.12. The molecule has 3 rings (SSSR count). The molecule has 1 saturated heterocycles. The number of hydrogen-bond acceptors (Lipinski definition) is 10. The lowest BCUT2D eigenvalue weighted by Gasteiger charge is -2.23. The summed E-state index contributed by atoms with van der Waals surface area (Å²) in [7, 11) is 0. The van der Waals surface area contributed by atoms with Crippen LogP contribution >= 0.6 is 0 Å². The Kier molecular flexibility index (Phi) is 5.31. The van der Waals surface area contributed by atoms with Gasteiger partial charge in [-0.25, -0.2) is 15.0 Å². The van der Waals surface area contributed by atoms with E-state index in [1.807, 2.05) is 0 Å². The minimum Gasteiger partial charge on any atom is -0.463 e. The molecule has 0 N–H and O–H groups in total. The number of rotatable bonds is 5. The SMILES string of the molecule is CC(=O)OCC1OC(n2cnc3cncnc32)C(OC(C)=O)C1OC(C)=O. The van der Waals surface area contributed by atoms with Crippen LogP contribution in [0.1, 0.15) is 27.0 Å². The van der Waals surface area contributed by atoms with Crippen molar-refractivity contribution >= 4 is 29.1 Å². The van der Waals surface area contributed by atoms with Gasteiger partial charge in [0.1, 0.15) is 24.6 Å². The van der Waals surface area contributed by atoms with E-state index in [1.54, 1.807) is 4.57 Å². The van der Waals surface area contributed by atoms with Crippen LogP contribution in [0.4, 0.5) is 0 Å². The molecule has 27 heavy (non-hydrogen) atoms. The number of hydrogen-bond donors (Lipinski definition) is 0. The summed E-state index contributed by atoms with van der Waals surface area (Å²) < 4.78 is 23.2. The van der Waals surface area contributed by atoms with Crippen LogP contribution < -0.4 is 0 Å². The Bertz CT molecular complexity index is 867. The van der Waals surface area contributed by atoms with Gasteiger partial charge < -0.3 is 18.9 Å². The fourth-order valence-electron chi connectivity index (χ4n) is 2.89. The fraction of sp³-hybridized carbons (Fsp3) is 0.500. The highest BCUT2D eigenvalue weighted by molar-refractivity contribution is 5.70. The third-order valence-electron chi connectivity index (χ3n) is 3.85. The summed E-state index contributed by atoms with van der Waals surface area (Å²) in [6, 6.07) is 0. The zero-order valence-electron chi connectivity index (χ0n) is 14.9. The molecule has 2 aromatic heterocycles. The van der Waals surface area contributed by atoms with E-state index < -0.39 is 42.4 Å². The van der Waals surface area contributed by atoms with Crippen molar-refractivity contribution in [3.05, 3.63) is 18.9 Å². The lowest BCUT2D eigenvalue weighted by molar-refractivity contribution is -0.166. The lowest BCUT2D eigenvalue weighted by Crippen LogP contribution is -2.40. The molecule has 3 heterocycles. The Labute approximate surface area is 153 Å². The van der Waals surface area contributed by atoms with Crippen LogP contribution in [0.3, 0.4) is 0 Å². The van der Waals surface area contributed by atoms with E-state index in [4.69, 9.17) is 18.9 Å². The van der Waals surface area contributed by atoms with Gasteiger partial charge in [0.15, 0.2) is 24.1 Å². The van der Waals surface area contributed by atoms with Crippen LogP contribution in [-0.2, 0) is 33.3 Å². The molecule has 1 fully saturated rings. The monoisotopic (exact) mass is 378 g/mol. The molecular weight excluding hydrogens is 360 g/mol. The average Bonchev–Trinajstić information content (AvgIpc) is 3.15. The van der Waals surface area contributed by atoms with E-state index in [9.17, 15) is 14.4 Å². The van der Waals surface area contributed by atoms with Gasteiger partial charge in [0.2, 0.25) is 0 Å². The molecule has 0 amide bonds. The highest BCUT2D eigenvalue weighted by Gasteiger charge is 2.51. The summed E-state index contributed by atoms with van der Waals surface area (Å²) in [6.45, 7) is 3.52. The molecule has 4 atom stereocenters. The number of esters is 3. The molecule has 11 nitrogen and oxygen atoms in total. The number of ether oxygens (including phenoxy) is 4. The van der Waals surface area contributed by atoms with Crippen LogP contribution in [0.15, 0.2) is 18.9 Å². The standard InChI is InChI=1S/C16H18N4O7/c1-8(21)24-5-12-13(25-9(2)22)14(26-10(3)23)16(27-12)20-7-19-11-4-17-6-18-15(11)20/h4,6-7,12-14,16H,5H2,1-3H3. The largest absolute Gasteiger partial charge is 0.463 e. The lowest BCUT2D eigenvalue weighted by atomic mass is 10.1. The quantitative estimate of drug-likeness (QED) is 0.523. The van der Waals surface area contributed by atoms with Crippen LogP contribution in [0.2, 0.25) is 0 Å². The second-order valence-electron chi connectivity index (χ2n) is 5.90. The van der Waals surface area contributed by atoms with Crippen molar-refractivity contribution in [2.75, 3.05) is 6.61 Å². The molecule has 1 aliphatic heterocycles. The van der Waals surface area contributed by atoms with Gasteiger partial charge in [-0.1, -0.05) is 0 Å². The number of fused-ring (bicyclic) bond motifs is 1. The second-order valence-corrected chi connectivity index (χ2v) is 5.90. The molecule has 4 unspecified atom stereocenters. The molecule has 0 radical (unpaired) electrons. The van der Waals surface area contributed by atoms with Gasteiger partial charge >= 0.3 is 17.9 Å². The van der Waals surface area contributed by atoms with Crippen molar-refractivity contribution in [3.8, 4) is 0 Å². The van der Waals surface area contributed by atoms with Gasteiger partial charge in [-0.2, -0.15) is 0 Å². The van der Waals surface area contributed by atoms with Crippen LogP contribution in [-0.4, -0.2) is 62.3 Å². The van der Waals surface area contributed by atoms with Crippen LogP contribution in [0.5, 0.6) is 0 Å². The van der Waals surface area contributed by atoms with Crippen molar-refractivity contribution in [3.63, 3.8) is 0 Å². The molecule has 0 spiro atoms. The van der Waals surface area contributed by atoms with Crippen molar-refractivity contribution in [2.24, 2.45) is 0 Å². The van der Waals surface area contributed by atoms with E-state index in [2.05, 4.69) is 15.0 Å². The highest BCUT2D eigenvalue weighted by atomic mass is 16.7. The maximum Gasteiger partial charge on any atom is 0.303 e. The molecule has 2 aromatic rings. The summed E-state index contributed by atoms with van der Waals surface area (Å²) in [4.78, 5) is 46.6. The first kappa shape index (κ1) is 18.7. The van der Waals surface area contributed by atoms with Crippen molar-refractivity contribution in [2.45, 2.75) is 45.3 Å². The maximum atomic E-state index is 11.6. The third-order valence-corrected chi connectivity index (χ3v) is 3.85. The molecule has 0 aliphatic carbocycles. The normalized spacial score (nSPS) is 24.6. The predicted octanol–water partition coefficient (Wildman–Crippen LogP) is 0.150. The Morgan fingerprint density at radius 2 is 1.78 bits per heavy atom. The number of nitrogens with zero attached hydrogens (tertiary/aromatic N) is 4. The van der Waals surface area contributed by atoms with Gasteiger partial charge in [0.05, 0.1) is 12.5 Å². The molecule has 144 valence electrons. The van der Waals surface area contributed by atoms with Crippen molar-refractivity contribution in [1.29, 1.82) is 0 Å². The molecule has 0 aromatic carbocycles. The van der Waals surface area contributed by atoms with E-state index >= 15 is 0 Å². The minimum absolute atomic E-state index is 0.177. The molecular formula is C16H18N4O7. The summed E-state index contributed by atoms with van der Waals surface area (Å²) in [6.07, 6.45) is 0.629. The first-order valence-electron chi connectivity index (χ1n) is 8.12. The molecule has 1 aliphatic rings. The Balaban J connectivity index is 1.98. The Hall–Kier alpha value is -3.08. The summed E-state index contributed by atoms with van der Waals surface area (Å²) in [5, 5.41) is 0. The van der Waals surface area contributed by atoms with E-state index in [-0.39, 0.29) is 6.61 Å². The summed E-state index contributed by atoms with van der Waals surface area (Å²) in [5.41, 5.74) is 0.956. The number of imidazole rings is 1. The maximum absolute atomic E-state index is 11.6. The molecule has 11 heteroatoms. The summed E-state index contributed by atoms with van der Waals surface area (Å²) >= 11 is 0. The van der Waals surface area contributed by atoms with Gasteiger partial charge in [0.25, 0.3) is 0 Å². The number of aromatic nitrogens is 4. The smallest absolute Gasteiger partial charge is 0.303 e. The predicted molar refractivity (Wildman–Crippen MR) is 87.0 cm³/mol. The Morgan fingerprint density at radius 3 is 2.44 bits per heavy atom. The zero-order chi connectivity index (χ0) is 19.6. The van der Waals surface area contributed by atoms with Crippen molar-refractivity contribution < 1.29 is 33.3 Å². The first-order chi connectivity index (χ1) is 12.9. The molecule has 0 saturated carbocycles. The molecule has 0 bridgehead atoms. The van der Waals surface area contributed by atoms with Gasteiger partial charge in [-0.05, 0) is 0 Å². The topological polar surface area (TPSA) is 132 Å². The second kappa shape index (κ2) is 7.66. The van der Waals surface area contributed by atoms with E-state index in [0.29, 0.717) is 11.2 Å². The Morgan fingerprint density at radius 1 is 1.07 bits per heavy atom. The highest BCUT2D eigenvalue weighted by Crippen LogP contribution is 2.35. The minimum atomic E-state index is -0.987.